The number of hydrogen-bond acceptors (Lipinski definition) is 4. The van der Waals surface area contributed by atoms with E-state index in [4.69, 9.17) is 21.1 Å². The van der Waals surface area contributed by atoms with Crippen molar-refractivity contribution in [1.82, 2.24) is 4.31 Å². The predicted octanol–water partition coefficient (Wildman–Crippen LogP) is 3.11. The molecule has 1 saturated heterocycles. The van der Waals surface area contributed by atoms with Crippen molar-refractivity contribution in [2.45, 2.75) is 11.0 Å². The number of nitrogens with zero attached hydrogens (tertiary/aromatic N) is 1. The Labute approximate surface area is 146 Å². The van der Waals surface area contributed by atoms with Gasteiger partial charge in [0.15, 0.2) is 0 Å². The van der Waals surface area contributed by atoms with Crippen LogP contribution in [-0.2, 0) is 14.8 Å². The normalized spacial score (nSPS) is 19.2. The van der Waals surface area contributed by atoms with Gasteiger partial charge in [0.1, 0.15) is 5.75 Å². The van der Waals surface area contributed by atoms with E-state index in [1.807, 2.05) is 30.3 Å². The van der Waals surface area contributed by atoms with Crippen LogP contribution in [0.15, 0.2) is 53.4 Å². The molecule has 0 aliphatic carbocycles. The highest BCUT2D eigenvalue weighted by molar-refractivity contribution is 7.89. The Morgan fingerprint density at radius 3 is 2.62 bits per heavy atom. The topological polar surface area (TPSA) is 55.8 Å². The Hall–Kier alpha value is -1.60. The third kappa shape index (κ3) is 3.42. The number of benzene rings is 2. The molecule has 0 spiro atoms. The molecule has 2 aromatic carbocycles. The lowest BCUT2D eigenvalue weighted by Gasteiger charge is -2.32. The van der Waals surface area contributed by atoms with Crippen molar-refractivity contribution in [3.05, 3.63) is 59.1 Å². The Kier molecular flexibility index (Phi) is 5.10. The van der Waals surface area contributed by atoms with E-state index in [2.05, 4.69) is 0 Å². The number of sulfonamides is 1. The molecule has 3 rings (SSSR count). The van der Waals surface area contributed by atoms with Crippen molar-refractivity contribution in [3.63, 3.8) is 0 Å². The van der Waals surface area contributed by atoms with Crippen LogP contribution in [0.25, 0.3) is 0 Å². The van der Waals surface area contributed by atoms with Crippen molar-refractivity contribution in [2.24, 2.45) is 0 Å². The molecule has 128 valence electrons. The second kappa shape index (κ2) is 7.11. The fraction of sp³-hybridized carbons (Fsp3) is 0.294. The standard InChI is InChI=1S/C17H18ClNO4S/c1-22-16-8-7-14(11-15(16)18)24(20,21)19-9-10-23-17(12-19)13-5-3-2-4-6-13/h2-8,11,17H,9-10,12H2,1H3/t17-/m1/s1. The molecule has 0 N–H and O–H groups in total. The van der Waals surface area contributed by atoms with Gasteiger partial charge in [-0.25, -0.2) is 8.42 Å². The zero-order valence-corrected chi connectivity index (χ0v) is 14.8. The lowest BCUT2D eigenvalue weighted by Crippen LogP contribution is -2.42. The molecular weight excluding hydrogens is 350 g/mol. The first-order valence-electron chi connectivity index (χ1n) is 7.52. The van der Waals surface area contributed by atoms with Gasteiger partial charge in [-0.15, -0.1) is 0 Å². The molecular formula is C17H18ClNO4S. The van der Waals surface area contributed by atoms with Crippen molar-refractivity contribution in [1.29, 1.82) is 0 Å². The summed E-state index contributed by atoms with van der Waals surface area (Å²) in [7, 11) is -2.15. The smallest absolute Gasteiger partial charge is 0.243 e. The van der Waals surface area contributed by atoms with E-state index in [0.29, 0.717) is 18.9 Å². The largest absolute Gasteiger partial charge is 0.495 e. The van der Waals surface area contributed by atoms with Crippen molar-refractivity contribution in [3.8, 4) is 5.75 Å². The summed E-state index contributed by atoms with van der Waals surface area (Å²) in [5.41, 5.74) is 0.963. The minimum Gasteiger partial charge on any atom is -0.495 e. The maximum atomic E-state index is 12.9. The number of ether oxygens (including phenoxy) is 2. The van der Waals surface area contributed by atoms with Gasteiger partial charge >= 0.3 is 0 Å². The summed E-state index contributed by atoms with van der Waals surface area (Å²) in [5, 5.41) is 0.270. The average molecular weight is 368 g/mol. The number of morpholine rings is 1. The highest BCUT2D eigenvalue weighted by atomic mass is 35.5. The van der Waals surface area contributed by atoms with Crippen LogP contribution in [0.2, 0.25) is 5.02 Å². The highest BCUT2D eigenvalue weighted by Gasteiger charge is 2.31. The van der Waals surface area contributed by atoms with Crippen molar-refractivity contribution >= 4 is 21.6 Å². The molecule has 2 aromatic rings. The van der Waals surface area contributed by atoms with E-state index in [0.717, 1.165) is 5.56 Å². The minimum absolute atomic E-state index is 0.155. The lowest BCUT2D eigenvalue weighted by atomic mass is 10.1. The summed E-state index contributed by atoms with van der Waals surface area (Å²) in [5.74, 6) is 0.444. The summed E-state index contributed by atoms with van der Waals surface area (Å²) >= 11 is 6.07. The van der Waals surface area contributed by atoms with E-state index >= 15 is 0 Å². The van der Waals surface area contributed by atoms with Crippen LogP contribution in [-0.4, -0.2) is 39.5 Å². The molecule has 0 radical (unpaired) electrons. The zero-order valence-electron chi connectivity index (χ0n) is 13.2. The van der Waals surface area contributed by atoms with Crippen LogP contribution in [0.4, 0.5) is 0 Å². The fourth-order valence-corrected chi connectivity index (χ4v) is 4.44. The second-order valence-corrected chi connectivity index (χ2v) is 7.77. The molecule has 24 heavy (non-hydrogen) atoms. The number of hydrogen-bond donors (Lipinski definition) is 0. The van der Waals surface area contributed by atoms with Crippen LogP contribution in [0, 0.1) is 0 Å². The second-order valence-electron chi connectivity index (χ2n) is 5.43. The molecule has 0 aromatic heterocycles. The first-order chi connectivity index (χ1) is 11.5. The van der Waals surface area contributed by atoms with E-state index in [1.165, 1.54) is 23.5 Å². The molecule has 0 amide bonds. The molecule has 1 aliphatic heterocycles. The Bertz CT molecular complexity index is 811. The average Bonchev–Trinajstić information content (AvgIpc) is 2.62. The third-order valence-corrected chi connectivity index (χ3v) is 6.12. The van der Waals surface area contributed by atoms with Crippen LogP contribution in [0.3, 0.4) is 0 Å². The summed E-state index contributed by atoms with van der Waals surface area (Å²) in [4.78, 5) is 0.155. The molecule has 1 heterocycles. The van der Waals surface area contributed by atoms with Gasteiger partial charge in [-0.3, -0.25) is 0 Å². The highest BCUT2D eigenvalue weighted by Crippen LogP contribution is 2.30. The summed E-state index contributed by atoms with van der Waals surface area (Å²) in [6.45, 7) is 0.938. The fourth-order valence-electron chi connectivity index (χ4n) is 2.67. The van der Waals surface area contributed by atoms with Crippen LogP contribution in [0.1, 0.15) is 11.7 Å². The van der Waals surface area contributed by atoms with Crippen LogP contribution < -0.4 is 4.74 Å². The first kappa shape index (κ1) is 17.2. The molecule has 0 bridgehead atoms. The number of rotatable bonds is 4. The van der Waals surface area contributed by atoms with E-state index < -0.39 is 10.0 Å². The lowest BCUT2D eigenvalue weighted by molar-refractivity contribution is -0.00255. The Balaban J connectivity index is 1.85. The van der Waals surface area contributed by atoms with E-state index in [-0.39, 0.29) is 22.6 Å². The van der Waals surface area contributed by atoms with Crippen molar-refractivity contribution in [2.75, 3.05) is 26.8 Å². The zero-order chi connectivity index (χ0) is 17.2. The van der Waals surface area contributed by atoms with Crippen molar-refractivity contribution < 1.29 is 17.9 Å². The Morgan fingerprint density at radius 2 is 1.96 bits per heavy atom. The molecule has 1 fully saturated rings. The van der Waals surface area contributed by atoms with Gasteiger partial charge in [0, 0.05) is 13.1 Å². The monoisotopic (exact) mass is 367 g/mol. The Morgan fingerprint density at radius 1 is 1.21 bits per heavy atom. The van der Waals surface area contributed by atoms with Gasteiger partial charge in [-0.2, -0.15) is 4.31 Å². The quantitative estimate of drug-likeness (QED) is 0.833. The maximum Gasteiger partial charge on any atom is 0.243 e. The third-order valence-electron chi connectivity index (χ3n) is 3.96. The molecule has 1 aliphatic rings. The van der Waals surface area contributed by atoms with Gasteiger partial charge in [-0.05, 0) is 23.8 Å². The summed E-state index contributed by atoms with van der Waals surface area (Å²) < 4.78 is 38.0. The molecule has 0 unspecified atom stereocenters. The van der Waals surface area contributed by atoms with Crippen LogP contribution >= 0.6 is 11.6 Å². The summed E-state index contributed by atoms with van der Waals surface area (Å²) in [6, 6.07) is 14.1. The van der Waals surface area contributed by atoms with E-state index in [9.17, 15) is 8.42 Å². The van der Waals surface area contributed by atoms with Gasteiger partial charge in [0.25, 0.3) is 0 Å². The minimum atomic E-state index is -3.64. The first-order valence-corrected chi connectivity index (χ1v) is 9.34. The van der Waals surface area contributed by atoms with Gasteiger partial charge in [0.05, 0.1) is 29.7 Å². The summed E-state index contributed by atoms with van der Waals surface area (Å²) in [6.07, 6.45) is -0.275. The van der Waals surface area contributed by atoms with Gasteiger partial charge in [0.2, 0.25) is 10.0 Å². The number of halogens is 1. The molecule has 7 heteroatoms. The number of methoxy groups -OCH3 is 1. The SMILES string of the molecule is COc1ccc(S(=O)(=O)N2CCO[C@@H](c3ccccc3)C2)cc1Cl. The van der Waals surface area contributed by atoms with Crippen LogP contribution in [0.5, 0.6) is 5.75 Å². The van der Waals surface area contributed by atoms with Gasteiger partial charge in [-0.1, -0.05) is 41.9 Å². The molecule has 5 nitrogen and oxygen atoms in total. The van der Waals surface area contributed by atoms with E-state index in [1.54, 1.807) is 6.07 Å². The van der Waals surface area contributed by atoms with Gasteiger partial charge < -0.3 is 9.47 Å². The predicted molar refractivity (Wildman–Crippen MR) is 91.9 cm³/mol. The maximum absolute atomic E-state index is 12.9. The molecule has 0 saturated carbocycles. The molecule has 1 atom stereocenters.